The number of hydrogen-bond donors (Lipinski definition) is 1. The summed E-state index contributed by atoms with van der Waals surface area (Å²) in [4.78, 5) is 24.4. The Bertz CT molecular complexity index is 452. The largest absolute Gasteiger partial charge is 0.480 e. The lowest BCUT2D eigenvalue weighted by Crippen LogP contribution is -2.50. The van der Waals surface area contributed by atoms with Gasteiger partial charge in [-0.2, -0.15) is 0 Å². The maximum Gasteiger partial charge on any atom is 0.329 e. The highest BCUT2D eigenvalue weighted by molar-refractivity contribution is 5.97. The summed E-state index contributed by atoms with van der Waals surface area (Å²) < 4.78 is 0. The van der Waals surface area contributed by atoms with Crippen LogP contribution >= 0.6 is 0 Å². The molecule has 17 heavy (non-hydrogen) atoms. The summed E-state index contributed by atoms with van der Waals surface area (Å²) in [5, 5.41) is 9.07. The van der Waals surface area contributed by atoms with Crippen LogP contribution in [0.15, 0.2) is 24.3 Å². The number of carboxylic acid groups (broad SMARTS) is 1. The Morgan fingerprint density at radius 3 is 2.35 bits per heavy atom. The van der Waals surface area contributed by atoms with Crippen LogP contribution < -0.4 is 0 Å². The third-order valence-corrected chi connectivity index (χ3v) is 2.93. The minimum Gasteiger partial charge on any atom is -0.480 e. The minimum absolute atomic E-state index is 0.291. The first-order valence-electron chi connectivity index (χ1n) is 5.35. The van der Waals surface area contributed by atoms with Crippen molar-refractivity contribution in [2.45, 2.75) is 26.3 Å². The summed E-state index contributed by atoms with van der Waals surface area (Å²) in [5.74, 6) is -1.32. The molecule has 0 radical (unpaired) electrons. The van der Waals surface area contributed by atoms with Crippen molar-refractivity contribution < 1.29 is 14.7 Å². The minimum atomic E-state index is -1.22. The molecule has 1 aromatic rings. The number of hydrogen-bond acceptors (Lipinski definition) is 2. The third kappa shape index (κ3) is 2.64. The van der Waals surface area contributed by atoms with Gasteiger partial charge in [-0.3, -0.25) is 4.79 Å². The van der Waals surface area contributed by atoms with E-state index >= 15 is 0 Å². The Balaban J connectivity index is 3.02. The zero-order valence-corrected chi connectivity index (χ0v) is 10.5. The summed E-state index contributed by atoms with van der Waals surface area (Å²) in [6, 6.07) is 7.10. The van der Waals surface area contributed by atoms with Crippen LogP contribution in [-0.4, -0.2) is 34.5 Å². The normalized spacial score (nSPS) is 11.1. The lowest BCUT2D eigenvalue weighted by Gasteiger charge is -2.31. The van der Waals surface area contributed by atoms with Crippen molar-refractivity contribution in [2.75, 3.05) is 7.05 Å². The Morgan fingerprint density at radius 2 is 1.88 bits per heavy atom. The Hall–Kier alpha value is -1.84. The molecule has 0 heterocycles. The zero-order valence-electron chi connectivity index (χ0n) is 10.5. The number of carbonyl (C=O) groups is 2. The number of amides is 1. The number of carbonyl (C=O) groups excluding carboxylic acids is 1. The molecule has 0 aliphatic heterocycles. The van der Waals surface area contributed by atoms with Gasteiger partial charge in [-0.25, -0.2) is 4.79 Å². The fraction of sp³-hybridized carbons (Fsp3) is 0.385. The van der Waals surface area contributed by atoms with Crippen LogP contribution in [0.3, 0.4) is 0 Å². The Kier molecular flexibility index (Phi) is 3.56. The van der Waals surface area contributed by atoms with Crippen LogP contribution in [0.2, 0.25) is 0 Å². The molecule has 92 valence electrons. The quantitative estimate of drug-likeness (QED) is 0.870. The maximum absolute atomic E-state index is 12.1. The highest BCUT2D eigenvalue weighted by atomic mass is 16.4. The molecule has 1 aromatic carbocycles. The Labute approximate surface area is 101 Å². The van der Waals surface area contributed by atoms with E-state index in [1.807, 2.05) is 13.0 Å². The van der Waals surface area contributed by atoms with Gasteiger partial charge in [-0.15, -0.1) is 0 Å². The van der Waals surface area contributed by atoms with E-state index in [1.165, 1.54) is 25.8 Å². The van der Waals surface area contributed by atoms with E-state index in [0.717, 1.165) is 5.56 Å². The van der Waals surface area contributed by atoms with E-state index in [-0.39, 0.29) is 5.91 Å². The van der Waals surface area contributed by atoms with Crippen molar-refractivity contribution >= 4 is 11.9 Å². The van der Waals surface area contributed by atoms with Crippen molar-refractivity contribution in [3.63, 3.8) is 0 Å². The van der Waals surface area contributed by atoms with E-state index in [2.05, 4.69) is 0 Å². The van der Waals surface area contributed by atoms with Gasteiger partial charge in [-0.1, -0.05) is 17.7 Å². The highest BCUT2D eigenvalue weighted by Gasteiger charge is 2.35. The number of aliphatic carboxylic acids is 1. The molecule has 4 heteroatoms. The van der Waals surface area contributed by atoms with Crippen LogP contribution in [0.25, 0.3) is 0 Å². The van der Waals surface area contributed by atoms with Gasteiger partial charge in [-0.05, 0) is 32.9 Å². The summed E-state index contributed by atoms with van der Waals surface area (Å²) in [6.45, 7) is 4.89. The van der Waals surface area contributed by atoms with Crippen LogP contribution in [0.5, 0.6) is 0 Å². The summed E-state index contributed by atoms with van der Waals surface area (Å²) >= 11 is 0. The number of aryl methyl sites for hydroxylation is 1. The van der Waals surface area contributed by atoms with Crippen molar-refractivity contribution in [1.29, 1.82) is 0 Å². The summed E-state index contributed by atoms with van der Waals surface area (Å²) in [7, 11) is 1.50. The van der Waals surface area contributed by atoms with Crippen molar-refractivity contribution in [3.05, 3.63) is 35.4 Å². The maximum atomic E-state index is 12.1. The summed E-state index contributed by atoms with van der Waals surface area (Å²) in [5.41, 5.74) is 0.250. The van der Waals surface area contributed by atoms with Gasteiger partial charge in [0.2, 0.25) is 0 Å². The lowest BCUT2D eigenvalue weighted by atomic mass is 10.0. The second-order valence-corrected chi connectivity index (χ2v) is 4.60. The topological polar surface area (TPSA) is 57.6 Å². The van der Waals surface area contributed by atoms with E-state index < -0.39 is 11.5 Å². The molecule has 0 aliphatic rings. The first kappa shape index (κ1) is 13.2. The molecule has 0 bridgehead atoms. The average molecular weight is 235 g/mol. The SMILES string of the molecule is Cc1cccc(C(=O)N(C)C(C)(C)C(=O)O)c1. The van der Waals surface area contributed by atoms with Crippen molar-refractivity contribution in [1.82, 2.24) is 4.90 Å². The van der Waals surface area contributed by atoms with Gasteiger partial charge in [0.05, 0.1) is 0 Å². The lowest BCUT2D eigenvalue weighted by molar-refractivity contribution is -0.147. The van der Waals surface area contributed by atoms with Crippen molar-refractivity contribution in [2.24, 2.45) is 0 Å². The highest BCUT2D eigenvalue weighted by Crippen LogP contribution is 2.16. The molecule has 0 aromatic heterocycles. The number of carboxylic acids is 1. The molecule has 0 atom stereocenters. The van der Waals surface area contributed by atoms with Gasteiger partial charge in [0, 0.05) is 12.6 Å². The molecule has 0 unspecified atom stereocenters. The van der Waals surface area contributed by atoms with Gasteiger partial charge < -0.3 is 10.0 Å². The zero-order chi connectivity index (χ0) is 13.2. The predicted molar refractivity (Wildman–Crippen MR) is 65.0 cm³/mol. The number of benzene rings is 1. The second-order valence-electron chi connectivity index (χ2n) is 4.60. The monoisotopic (exact) mass is 235 g/mol. The molecule has 0 saturated carbocycles. The molecule has 4 nitrogen and oxygen atoms in total. The molecule has 1 amide bonds. The van der Waals surface area contributed by atoms with Gasteiger partial charge >= 0.3 is 5.97 Å². The first-order chi connectivity index (χ1) is 7.76. The van der Waals surface area contributed by atoms with Crippen molar-refractivity contribution in [3.8, 4) is 0 Å². The average Bonchev–Trinajstić information content (AvgIpc) is 2.26. The fourth-order valence-electron chi connectivity index (χ4n) is 1.37. The molecule has 1 N–H and O–H groups in total. The van der Waals surface area contributed by atoms with Crippen LogP contribution in [0, 0.1) is 6.92 Å². The molecule has 1 rings (SSSR count). The molecule has 0 aliphatic carbocycles. The summed E-state index contributed by atoms with van der Waals surface area (Å²) in [6.07, 6.45) is 0. The van der Waals surface area contributed by atoms with Crippen LogP contribution in [0.4, 0.5) is 0 Å². The molecule has 0 saturated heterocycles. The Morgan fingerprint density at radius 1 is 1.29 bits per heavy atom. The first-order valence-corrected chi connectivity index (χ1v) is 5.35. The van der Waals surface area contributed by atoms with E-state index in [1.54, 1.807) is 18.2 Å². The fourth-order valence-corrected chi connectivity index (χ4v) is 1.37. The van der Waals surface area contributed by atoms with E-state index in [0.29, 0.717) is 5.56 Å². The second kappa shape index (κ2) is 4.57. The van der Waals surface area contributed by atoms with Crippen LogP contribution in [0.1, 0.15) is 29.8 Å². The third-order valence-electron chi connectivity index (χ3n) is 2.93. The number of likely N-dealkylation sites (N-methyl/N-ethyl adjacent to an activating group) is 1. The molecular formula is C13H17NO3. The molecule has 0 spiro atoms. The van der Waals surface area contributed by atoms with E-state index in [4.69, 9.17) is 5.11 Å². The molecular weight excluding hydrogens is 218 g/mol. The number of rotatable bonds is 3. The van der Waals surface area contributed by atoms with Gasteiger partial charge in [0.1, 0.15) is 5.54 Å². The number of nitrogens with zero attached hydrogens (tertiary/aromatic N) is 1. The standard InChI is InChI=1S/C13H17NO3/c1-9-6-5-7-10(8-9)11(15)14(4)13(2,3)12(16)17/h5-8H,1-4H3,(H,16,17). The van der Waals surface area contributed by atoms with E-state index in [9.17, 15) is 9.59 Å². The van der Waals surface area contributed by atoms with Crippen LogP contribution in [-0.2, 0) is 4.79 Å². The smallest absolute Gasteiger partial charge is 0.329 e. The van der Waals surface area contributed by atoms with Gasteiger partial charge in [0.15, 0.2) is 0 Å². The van der Waals surface area contributed by atoms with Gasteiger partial charge in [0.25, 0.3) is 5.91 Å². The predicted octanol–water partition coefficient (Wildman–Crippen LogP) is 1.93. The molecule has 0 fully saturated rings.